The highest BCUT2D eigenvalue weighted by Gasteiger charge is 2.37. The molecule has 0 saturated carbocycles. The van der Waals surface area contributed by atoms with Gasteiger partial charge in [-0.3, -0.25) is 0 Å². The molecule has 2 aromatic heterocycles. The summed E-state index contributed by atoms with van der Waals surface area (Å²) in [6.07, 6.45) is -2.80. The maximum atomic E-state index is 14.9. The van der Waals surface area contributed by atoms with E-state index in [9.17, 15) is 26.7 Å². The number of carbonyl (C=O) groups is 1. The van der Waals surface area contributed by atoms with E-state index in [1.54, 1.807) is 13.8 Å². The van der Waals surface area contributed by atoms with Crippen LogP contribution in [0.15, 0.2) is 30.6 Å². The van der Waals surface area contributed by atoms with Crippen LogP contribution in [0, 0.1) is 11.6 Å². The van der Waals surface area contributed by atoms with Crippen molar-refractivity contribution < 1.29 is 41.0 Å². The second-order valence-electron chi connectivity index (χ2n) is 11.0. The molecule has 0 radical (unpaired) electrons. The second-order valence-corrected chi connectivity index (χ2v) is 16.6. The van der Waals surface area contributed by atoms with Gasteiger partial charge in [0, 0.05) is 58.5 Å². The summed E-state index contributed by atoms with van der Waals surface area (Å²) in [5.74, 6) is -3.86. The lowest BCUT2D eigenvalue weighted by molar-refractivity contribution is -0.136. The fourth-order valence-corrected chi connectivity index (χ4v) is 4.26. The molecule has 0 unspecified atom stereocenters. The van der Waals surface area contributed by atoms with Gasteiger partial charge in [-0.15, -0.1) is 0 Å². The van der Waals surface area contributed by atoms with E-state index in [0.29, 0.717) is 6.61 Å². The molecule has 2 amide bonds. The average Bonchev–Trinajstić information content (AvgIpc) is 3.22. The Morgan fingerprint density at radius 2 is 1.77 bits per heavy atom. The summed E-state index contributed by atoms with van der Waals surface area (Å²) >= 11 is 0. The predicted molar refractivity (Wildman–Crippen MR) is 143 cm³/mol. The number of ether oxygens (including phenoxy) is 3. The molecule has 0 aliphatic heterocycles. The number of amides is 2. The Labute approximate surface area is 229 Å². The van der Waals surface area contributed by atoms with Gasteiger partial charge in [0.1, 0.15) is 18.1 Å². The molecule has 14 heteroatoms. The first-order valence-electron chi connectivity index (χ1n) is 12.4. The molecule has 8 nitrogen and oxygen atoms in total. The van der Waals surface area contributed by atoms with E-state index in [1.807, 2.05) is 0 Å². The number of rotatable bonds is 11. The Bertz CT molecular complexity index is 1330. The summed E-state index contributed by atoms with van der Waals surface area (Å²) in [5.41, 5.74) is -2.11. The molecule has 1 aromatic carbocycles. The topological polar surface area (TPSA) is 86.6 Å². The van der Waals surface area contributed by atoms with Gasteiger partial charge in [-0.25, -0.2) is 18.6 Å². The van der Waals surface area contributed by atoms with Crippen LogP contribution < -0.4 is 15.4 Å². The molecule has 0 saturated heterocycles. The van der Waals surface area contributed by atoms with E-state index in [2.05, 4.69) is 35.3 Å². The number of nitrogens with one attached hydrogen (secondary N) is 2. The van der Waals surface area contributed by atoms with Gasteiger partial charge in [0.05, 0.1) is 16.6 Å². The summed E-state index contributed by atoms with van der Waals surface area (Å²) in [6, 6.07) is 2.75. The van der Waals surface area contributed by atoms with Crippen LogP contribution in [0.5, 0.6) is 11.5 Å². The van der Waals surface area contributed by atoms with Crippen molar-refractivity contribution in [2.45, 2.75) is 58.0 Å². The van der Waals surface area contributed by atoms with E-state index >= 15 is 0 Å². The Hall–Kier alpha value is -3.23. The van der Waals surface area contributed by atoms with Crippen molar-refractivity contribution in [2.75, 3.05) is 25.6 Å². The Balaban J connectivity index is 1.87. The lowest BCUT2D eigenvalue weighted by Crippen LogP contribution is -2.41. The number of pyridine rings is 1. The first kappa shape index (κ1) is 31.3. The summed E-state index contributed by atoms with van der Waals surface area (Å²) in [4.78, 5) is 16.2. The highest BCUT2D eigenvalue weighted by molar-refractivity contribution is 6.76. The molecule has 3 aromatic rings. The quantitative estimate of drug-likeness (QED) is 0.143. The molecule has 2 N–H and O–H groups in total. The van der Waals surface area contributed by atoms with Crippen LogP contribution in [0.2, 0.25) is 25.7 Å². The van der Waals surface area contributed by atoms with Crippen LogP contribution in [-0.2, 0) is 22.4 Å². The Kier molecular flexibility index (Phi) is 9.47. The number of carbonyl (C=O) groups excluding carboxylic acids is 1. The number of hydrogen-bond donors (Lipinski definition) is 2. The molecular formula is C26H33F5N4O4Si. The number of halogens is 5. The van der Waals surface area contributed by atoms with Crippen molar-refractivity contribution in [3.05, 3.63) is 47.8 Å². The zero-order valence-electron chi connectivity index (χ0n) is 23.1. The Morgan fingerprint density at radius 1 is 1.12 bits per heavy atom. The van der Waals surface area contributed by atoms with Gasteiger partial charge in [0.2, 0.25) is 0 Å². The van der Waals surface area contributed by atoms with Crippen LogP contribution in [0.1, 0.15) is 19.4 Å². The van der Waals surface area contributed by atoms with E-state index in [0.717, 1.165) is 30.4 Å². The Morgan fingerprint density at radius 3 is 2.35 bits per heavy atom. The minimum atomic E-state index is -4.81. The van der Waals surface area contributed by atoms with Crippen molar-refractivity contribution in [2.24, 2.45) is 0 Å². The highest BCUT2D eigenvalue weighted by Crippen LogP contribution is 2.42. The largest absolute Gasteiger partial charge is 0.450 e. The van der Waals surface area contributed by atoms with Gasteiger partial charge in [0.25, 0.3) is 0 Å². The third-order valence-electron chi connectivity index (χ3n) is 5.95. The molecule has 40 heavy (non-hydrogen) atoms. The normalized spacial score (nSPS) is 12.6. The monoisotopic (exact) mass is 588 g/mol. The molecule has 2 heterocycles. The zero-order valence-corrected chi connectivity index (χ0v) is 24.1. The van der Waals surface area contributed by atoms with E-state index in [-0.39, 0.29) is 24.6 Å². The van der Waals surface area contributed by atoms with Crippen molar-refractivity contribution >= 4 is 30.8 Å². The SMILES string of the molecule is COC(C)(C)CNC(=O)Nc1cc(F)c(Oc2ccnc3c2c(C(F)(F)F)cn3COCC[Si](C)(C)C)c(F)c1. The zero-order chi connectivity index (χ0) is 29.9. The van der Waals surface area contributed by atoms with Gasteiger partial charge in [-0.05, 0) is 26.0 Å². The number of anilines is 1. The molecular weight excluding hydrogens is 555 g/mol. The van der Waals surface area contributed by atoms with Gasteiger partial charge in [0.15, 0.2) is 17.4 Å². The van der Waals surface area contributed by atoms with Crippen LogP contribution in [-0.4, -0.2) is 49.5 Å². The van der Waals surface area contributed by atoms with Crippen LogP contribution in [0.4, 0.5) is 32.4 Å². The standard InChI is InChI=1S/C26H33F5N4O4Si/c1-25(2,37-3)14-33-24(36)34-16-11-18(27)22(19(28)12-16)39-20-7-8-32-23-21(20)17(26(29,30)31)13-35(23)15-38-9-10-40(4,5)6/h7-8,11-13H,9-10,14-15H2,1-6H3,(H2,33,34,36). The van der Waals surface area contributed by atoms with Crippen molar-refractivity contribution in [3.8, 4) is 11.5 Å². The number of aromatic nitrogens is 2. The molecule has 0 spiro atoms. The maximum absolute atomic E-state index is 14.9. The number of urea groups is 1. The fourth-order valence-electron chi connectivity index (χ4n) is 3.51. The van der Waals surface area contributed by atoms with Crippen molar-refractivity contribution in [1.82, 2.24) is 14.9 Å². The number of benzene rings is 1. The van der Waals surface area contributed by atoms with Gasteiger partial charge in [-0.2, -0.15) is 13.2 Å². The smallest absolute Gasteiger partial charge is 0.418 e. The number of fused-ring (bicyclic) bond motifs is 1. The molecule has 3 rings (SSSR count). The average molecular weight is 589 g/mol. The lowest BCUT2D eigenvalue weighted by Gasteiger charge is -2.23. The molecule has 220 valence electrons. The van der Waals surface area contributed by atoms with Crippen LogP contribution >= 0.6 is 0 Å². The maximum Gasteiger partial charge on any atom is 0.418 e. The molecule has 0 atom stereocenters. The number of methoxy groups -OCH3 is 1. The van der Waals surface area contributed by atoms with E-state index in [1.165, 1.54) is 17.9 Å². The van der Waals surface area contributed by atoms with E-state index < -0.39 is 60.0 Å². The van der Waals surface area contributed by atoms with E-state index in [4.69, 9.17) is 14.2 Å². The third-order valence-corrected chi connectivity index (χ3v) is 7.65. The minimum absolute atomic E-state index is 0.115. The van der Waals surface area contributed by atoms with Gasteiger partial charge < -0.3 is 29.4 Å². The van der Waals surface area contributed by atoms with Crippen molar-refractivity contribution in [1.29, 1.82) is 0 Å². The molecule has 0 aliphatic carbocycles. The minimum Gasteiger partial charge on any atom is -0.450 e. The summed E-state index contributed by atoms with van der Waals surface area (Å²) < 4.78 is 89.0. The lowest BCUT2D eigenvalue weighted by atomic mass is 10.1. The van der Waals surface area contributed by atoms with Crippen molar-refractivity contribution in [3.63, 3.8) is 0 Å². The van der Waals surface area contributed by atoms with Crippen LogP contribution in [0.25, 0.3) is 11.0 Å². The summed E-state index contributed by atoms with van der Waals surface area (Å²) in [7, 11) is 0.0513. The van der Waals surface area contributed by atoms with Gasteiger partial charge >= 0.3 is 12.2 Å². The first-order valence-corrected chi connectivity index (χ1v) is 16.1. The molecule has 0 fully saturated rings. The summed E-state index contributed by atoms with van der Waals surface area (Å²) in [5, 5.41) is 4.33. The summed E-state index contributed by atoms with van der Waals surface area (Å²) in [6.45, 7) is 10.2. The number of hydrogen-bond acceptors (Lipinski definition) is 5. The number of nitrogens with zero attached hydrogens (tertiary/aromatic N) is 2. The third kappa shape index (κ3) is 8.14. The fraction of sp³-hybridized carbons (Fsp3) is 0.462. The highest BCUT2D eigenvalue weighted by atomic mass is 28.3. The predicted octanol–water partition coefficient (Wildman–Crippen LogP) is 6.98. The molecule has 0 bridgehead atoms. The van der Waals surface area contributed by atoms with Crippen LogP contribution in [0.3, 0.4) is 0 Å². The number of alkyl halides is 3. The molecule has 0 aliphatic rings. The first-order chi connectivity index (χ1) is 18.5. The second kappa shape index (κ2) is 12.1. The van der Waals surface area contributed by atoms with Gasteiger partial charge in [-0.1, -0.05) is 19.6 Å².